The zero-order valence-corrected chi connectivity index (χ0v) is 31.8. The Morgan fingerprint density at radius 1 is 1.15 bits per heavy atom. The van der Waals surface area contributed by atoms with Gasteiger partial charge in [0.2, 0.25) is 5.91 Å². The van der Waals surface area contributed by atoms with E-state index in [1.165, 1.54) is 16.7 Å². The van der Waals surface area contributed by atoms with Crippen molar-refractivity contribution in [3.8, 4) is 5.75 Å². The number of methoxy groups -OCH3 is 1. The first-order valence-electron chi connectivity index (χ1n) is 19.0. The molecule has 11 heteroatoms. The number of nitrogens with zero attached hydrogens (tertiary/aromatic N) is 4. The molecule has 1 spiro atoms. The predicted molar refractivity (Wildman–Crippen MR) is 204 cm³/mol. The number of nitrogens with one attached hydrogen (secondary N) is 1. The molecule has 3 aromatic rings. The number of anilines is 1. The molecule has 1 fully saturated rings. The zero-order valence-electron chi connectivity index (χ0n) is 31.0. The minimum Gasteiger partial charge on any atom is -0.490 e. The van der Waals surface area contributed by atoms with Crippen LogP contribution in [-0.4, -0.2) is 64.0 Å². The molecule has 2 amide bonds. The van der Waals surface area contributed by atoms with E-state index in [-0.39, 0.29) is 17.9 Å². The quantitative estimate of drug-likeness (QED) is 0.283. The van der Waals surface area contributed by atoms with Crippen molar-refractivity contribution >= 4 is 27.4 Å². The lowest BCUT2D eigenvalue weighted by Gasteiger charge is -2.46. The average molecular weight is 728 g/mol. The van der Waals surface area contributed by atoms with Gasteiger partial charge in [0, 0.05) is 56.5 Å². The van der Waals surface area contributed by atoms with E-state index in [4.69, 9.17) is 9.47 Å². The Hall–Kier alpha value is -3.96. The Morgan fingerprint density at radius 3 is 2.77 bits per heavy atom. The van der Waals surface area contributed by atoms with Gasteiger partial charge in [0.05, 0.1) is 23.6 Å². The number of hydrogen-bond acceptors (Lipinski definition) is 7. The Bertz CT molecular complexity index is 1960. The maximum Gasteiger partial charge on any atom is 0.286 e. The van der Waals surface area contributed by atoms with E-state index in [2.05, 4.69) is 56.4 Å². The molecule has 1 N–H and O–H groups in total. The maximum atomic E-state index is 14.8. The molecule has 1 saturated carbocycles. The summed E-state index contributed by atoms with van der Waals surface area (Å²) in [5, 5.41) is 3.66. The van der Waals surface area contributed by atoms with E-state index < -0.39 is 27.0 Å². The highest BCUT2D eigenvalue weighted by Crippen LogP contribution is 2.47. The van der Waals surface area contributed by atoms with Gasteiger partial charge in [-0.25, -0.2) is 4.21 Å². The van der Waals surface area contributed by atoms with Crippen LogP contribution in [0.2, 0.25) is 0 Å². The van der Waals surface area contributed by atoms with Crippen LogP contribution in [0.15, 0.2) is 65.2 Å². The fraction of sp³-hybridized carbons (Fsp3) is 0.537. The van der Waals surface area contributed by atoms with Crippen molar-refractivity contribution in [2.45, 2.75) is 94.8 Å². The zero-order chi connectivity index (χ0) is 36.5. The summed E-state index contributed by atoms with van der Waals surface area (Å²) >= 11 is 0. The van der Waals surface area contributed by atoms with Gasteiger partial charge in [0.1, 0.15) is 15.7 Å². The molecule has 7 rings (SSSR count). The average Bonchev–Trinajstić information content (AvgIpc) is 3.47. The van der Waals surface area contributed by atoms with Crippen LogP contribution in [0, 0.1) is 18.8 Å². The van der Waals surface area contributed by atoms with Crippen LogP contribution in [0.3, 0.4) is 0 Å². The van der Waals surface area contributed by atoms with E-state index in [1.807, 2.05) is 32.2 Å². The second-order valence-corrected chi connectivity index (χ2v) is 17.5. The van der Waals surface area contributed by atoms with Crippen molar-refractivity contribution in [1.82, 2.24) is 14.5 Å². The number of ether oxygens (including phenoxy) is 2. The molecule has 278 valence electrons. The van der Waals surface area contributed by atoms with Gasteiger partial charge in [-0.3, -0.25) is 19.0 Å². The van der Waals surface area contributed by atoms with Gasteiger partial charge in [0.25, 0.3) is 5.91 Å². The number of allylic oxidation sites excluding steroid dienone is 1. The molecule has 2 aliphatic heterocycles. The number of hydrogen-bond donors (Lipinski definition) is 1. The van der Waals surface area contributed by atoms with E-state index in [0.717, 1.165) is 62.3 Å². The fourth-order valence-corrected chi connectivity index (χ4v) is 11.0. The van der Waals surface area contributed by atoms with Gasteiger partial charge in [-0.2, -0.15) is 5.10 Å². The van der Waals surface area contributed by atoms with Gasteiger partial charge >= 0.3 is 0 Å². The standard InChI is InChI=1S/C41H53N5O5S/c1-5-33-10-6-7-11-37(50-4)34-16-13-31(34)25-46-26-41(21-8-9-29-23-28(2)12-17-35(29)41)27-51-38-18-14-30(24-36(38)46)40(48)44-52(33,49)43-39(47)19-15-32-20-22-42-45(32)3/h7,11-12,14,17-18,20,22-24,31,33-34,37H,5-6,8-10,13,15-16,19,21,25-27H2,1-4H3,(H,43,44,47,48,49)/b11-7+/t31-,33+,34+,37-,41-,52?/m0/s1. The summed E-state index contributed by atoms with van der Waals surface area (Å²) in [6, 6.07) is 14.2. The molecule has 10 nitrogen and oxygen atoms in total. The second-order valence-electron chi connectivity index (χ2n) is 15.3. The molecular weight excluding hydrogens is 675 g/mol. The van der Waals surface area contributed by atoms with Gasteiger partial charge in [-0.05, 0) is 112 Å². The fourth-order valence-electron chi connectivity index (χ4n) is 8.90. The number of carbonyl (C=O) groups excluding carboxylic acids is 2. The third-order valence-electron chi connectivity index (χ3n) is 12.0. The van der Waals surface area contributed by atoms with E-state index in [9.17, 15) is 13.8 Å². The minimum absolute atomic E-state index is 0.0320. The normalized spacial score (nSPS) is 29.5. The molecule has 2 aliphatic carbocycles. The number of amides is 2. The third kappa shape index (κ3) is 7.31. The SMILES string of the molecule is CC[C@@H]1CC/C=C/[C@H](OC)[C@@H]2CC[C@H]2CN2C[C@@]3(CCCc4cc(C)ccc43)COc3ccc(cc32)C(=O)N=S1(=O)NC(=O)CCc1ccnn1C. The first-order chi connectivity index (χ1) is 25.1. The highest BCUT2D eigenvalue weighted by Gasteiger charge is 2.44. The van der Waals surface area contributed by atoms with Crippen LogP contribution in [0.5, 0.6) is 5.75 Å². The lowest BCUT2D eigenvalue weighted by Crippen LogP contribution is -2.49. The highest BCUT2D eigenvalue weighted by molar-refractivity contribution is 7.93. The molecule has 2 bridgehead atoms. The smallest absolute Gasteiger partial charge is 0.286 e. The molecule has 4 aliphatic rings. The van der Waals surface area contributed by atoms with Crippen LogP contribution < -0.4 is 14.4 Å². The van der Waals surface area contributed by atoms with Crippen LogP contribution in [0.1, 0.15) is 91.0 Å². The maximum absolute atomic E-state index is 14.8. The molecule has 2 aromatic carbocycles. The first kappa shape index (κ1) is 36.4. The van der Waals surface area contributed by atoms with Gasteiger partial charge in [-0.15, -0.1) is 4.36 Å². The number of aryl methyl sites for hydroxylation is 4. The Kier molecular flexibility index (Phi) is 10.6. The van der Waals surface area contributed by atoms with Crippen LogP contribution in [0.25, 0.3) is 0 Å². The first-order valence-corrected chi connectivity index (χ1v) is 20.6. The lowest BCUT2D eigenvalue weighted by atomic mass is 9.68. The van der Waals surface area contributed by atoms with E-state index in [1.54, 1.807) is 24.1 Å². The van der Waals surface area contributed by atoms with Crippen LogP contribution in [-0.2, 0) is 44.8 Å². The van der Waals surface area contributed by atoms with Crippen molar-refractivity contribution < 1.29 is 23.3 Å². The topological polar surface area (TPSA) is 115 Å². The van der Waals surface area contributed by atoms with Gasteiger partial charge < -0.3 is 14.4 Å². The summed E-state index contributed by atoms with van der Waals surface area (Å²) in [4.78, 5) is 29.9. The summed E-state index contributed by atoms with van der Waals surface area (Å²) in [7, 11) is 0.117. The third-order valence-corrected chi connectivity index (χ3v) is 14.4. The van der Waals surface area contributed by atoms with E-state index >= 15 is 0 Å². The lowest BCUT2D eigenvalue weighted by molar-refractivity contribution is -0.119. The van der Waals surface area contributed by atoms with Crippen molar-refractivity contribution in [1.29, 1.82) is 0 Å². The molecule has 0 saturated heterocycles. The molecule has 52 heavy (non-hydrogen) atoms. The Morgan fingerprint density at radius 2 is 2.02 bits per heavy atom. The molecule has 1 aromatic heterocycles. The van der Waals surface area contributed by atoms with Crippen LogP contribution in [0.4, 0.5) is 5.69 Å². The minimum atomic E-state index is -3.49. The Labute approximate surface area is 308 Å². The summed E-state index contributed by atoms with van der Waals surface area (Å²) in [5.41, 5.74) is 5.92. The molecule has 1 unspecified atom stereocenters. The number of carbonyl (C=O) groups is 2. The second kappa shape index (κ2) is 15.2. The predicted octanol–water partition coefficient (Wildman–Crippen LogP) is 6.64. The van der Waals surface area contributed by atoms with Crippen molar-refractivity contribution in [3.63, 3.8) is 0 Å². The summed E-state index contributed by atoms with van der Waals surface area (Å²) in [5.74, 6) is 0.516. The molecule has 3 heterocycles. The van der Waals surface area contributed by atoms with Gasteiger partial charge in [-0.1, -0.05) is 42.8 Å². The monoisotopic (exact) mass is 727 g/mol. The number of benzene rings is 2. The summed E-state index contributed by atoms with van der Waals surface area (Å²) < 4.78 is 36.5. The van der Waals surface area contributed by atoms with Crippen molar-refractivity contribution in [2.24, 2.45) is 23.2 Å². The van der Waals surface area contributed by atoms with E-state index in [0.29, 0.717) is 49.7 Å². The highest BCUT2D eigenvalue weighted by atomic mass is 32.2. The number of aromatic nitrogens is 2. The summed E-state index contributed by atoms with van der Waals surface area (Å²) in [6.07, 6.45) is 13.5. The Balaban J connectivity index is 1.28. The molecule has 6 atom stereocenters. The van der Waals surface area contributed by atoms with Crippen LogP contribution >= 0.6 is 0 Å². The molecule has 0 radical (unpaired) electrons. The number of fused-ring (bicyclic) bond motifs is 4. The summed E-state index contributed by atoms with van der Waals surface area (Å²) in [6.45, 7) is 6.22. The largest absolute Gasteiger partial charge is 0.490 e. The van der Waals surface area contributed by atoms with Crippen molar-refractivity contribution in [3.05, 3.63) is 88.8 Å². The van der Waals surface area contributed by atoms with Gasteiger partial charge in [0.15, 0.2) is 0 Å². The molecular formula is C41H53N5O5S. The van der Waals surface area contributed by atoms with Crippen molar-refractivity contribution in [2.75, 3.05) is 31.7 Å². The number of rotatable bonds is 6.